The van der Waals surface area contributed by atoms with Crippen LogP contribution in [0.3, 0.4) is 0 Å². The summed E-state index contributed by atoms with van der Waals surface area (Å²) in [5.74, 6) is 0. The second-order valence-electron chi connectivity index (χ2n) is 8.48. The SMILES string of the molecule is CN(C[C@@H]1COCCO1)S(=O)(=O)Nc1ccc2ccc3ncc(-c4cnn(C)c4)cc3c(=O)c2c1.[KH]. The molecule has 0 spiro atoms. The van der Waals surface area contributed by atoms with Gasteiger partial charge in [0.05, 0.1) is 43.3 Å². The summed E-state index contributed by atoms with van der Waals surface area (Å²) >= 11 is 0. The van der Waals surface area contributed by atoms with Crippen LogP contribution >= 0.6 is 0 Å². The number of benzene rings is 1. The zero-order valence-corrected chi connectivity index (χ0v) is 20.2. The summed E-state index contributed by atoms with van der Waals surface area (Å²) in [5.41, 5.74) is 2.23. The molecule has 0 saturated carbocycles. The Morgan fingerprint density at radius 2 is 1.92 bits per heavy atom. The van der Waals surface area contributed by atoms with Gasteiger partial charge in [0.2, 0.25) is 0 Å². The fourth-order valence-electron chi connectivity index (χ4n) is 4.05. The molecule has 5 rings (SSSR count). The van der Waals surface area contributed by atoms with E-state index < -0.39 is 10.2 Å². The van der Waals surface area contributed by atoms with E-state index in [0.29, 0.717) is 41.5 Å². The van der Waals surface area contributed by atoms with E-state index in [0.717, 1.165) is 11.1 Å². The van der Waals surface area contributed by atoms with Gasteiger partial charge >= 0.3 is 61.6 Å². The number of aryl methyl sites for hydroxylation is 1. The molecule has 0 bridgehead atoms. The molecule has 1 saturated heterocycles. The normalized spacial score (nSPS) is 16.2. The first-order chi connectivity index (χ1) is 16.8. The zero-order valence-electron chi connectivity index (χ0n) is 19.3. The molecule has 1 atom stereocenters. The van der Waals surface area contributed by atoms with Gasteiger partial charge in [-0.15, -0.1) is 0 Å². The molecule has 1 fully saturated rings. The topological polar surface area (TPSA) is 116 Å². The second-order valence-corrected chi connectivity index (χ2v) is 10.3. The Balaban J connectivity index is 0.00000304. The Bertz CT molecular complexity index is 1570. The van der Waals surface area contributed by atoms with E-state index in [2.05, 4.69) is 14.8 Å². The quantitative estimate of drug-likeness (QED) is 0.372. The van der Waals surface area contributed by atoms with Crippen LogP contribution in [-0.2, 0) is 26.7 Å². The van der Waals surface area contributed by atoms with Crippen molar-refractivity contribution in [2.24, 2.45) is 7.05 Å². The van der Waals surface area contributed by atoms with Crippen LogP contribution in [0, 0.1) is 0 Å². The summed E-state index contributed by atoms with van der Waals surface area (Å²) in [6.07, 6.45) is 4.94. The number of nitrogens with zero attached hydrogens (tertiary/aromatic N) is 4. The van der Waals surface area contributed by atoms with Crippen LogP contribution in [0.4, 0.5) is 5.69 Å². The van der Waals surface area contributed by atoms with E-state index >= 15 is 0 Å². The molecule has 1 aliphatic rings. The standard InChI is InChI=1S/C24H25N5O5S.K.H/c1-28-13-18(12-26-28)17-9-22-23(25-11-17)6-4-16-3-5-19(10-21(16)24(22)30)27-35(31,32)29(2)14-20-15-33-7-8-34-20;;/h3-6,9-13,20,27H,7-8,14-15H2,1-2H3;;/t20-;;/m1../s1. The van der Waals surface area contributed by atoms with Gasteiger partial charge in [-0.2, -0.15) is 17.8 Å². The van der Waals surface area contributed by atoms with E-state index in [1.165, 1.54) is 11.4 Å². The minimum atomic E-state index is -3.87. The maximum absolute atomic E-state index is 13.5. The Morgan fingerprint density at radius 3 is 2.64 bits per heavy atom. The number of hydrogen-bond acceptors (Lipinski definition) is 7. The number of fused-ring (bicyclic) bond motifs is 2. The molecule has 12 heteroatoms. The molecule has 36 heavy (non-hydrogen) atoms. The molecule has 3 heterocycles. The summed E-state index contributed by atoms with van der Waals surface area (Å²) in [6, 6.07) is 10.3. The molecule has 1 N–H and O–H groups in total. The van der Waals surface area contributed by atoms with Gasteiger partial charge in [-0.05, 0) is 29.7 Å². The van der Waals surface area contributed by atoms with Gasteiger partial charge in [0.15, 0.2) is 5.43 Å². The van der Waals surface area contributed by atoms with Crippen molar-refractivity contribution in [3.05, 3.63) is 65.2 Å². The Kier molecular flexibility index (Phi) is 8.59. The monoisotopic (exact) mass is 535 g/mol. The predicted molar refractivity (Wildman–Crippen MR) is 141 cm³/mol. The van der Waals surface area contributed by atoms with Crippen LogP contribution in [0.5, 0.6) is 0 Å². The molecule has 2 aromatic carbocycles. The summed E-state index contributed by atoms with van der Waals surface area (Å²) in [4.78, 5) is 18.0. The van der Waals surface area contributed by atoms with Gasteiger partial charge in [0.25, 0.3) is 0 Å². The molecule has 0 amide bonds. The molecule has 2 aromatic heterocycles. The first-order valence-corrected chi connectivity index (χ1v) is 12.5. The average Bonchev–Trinajstić information content (AvgIpc) is 3.23. The van der Waals surface area contributed by atoms with Crippen LogP contribution in [0.15, 0.2) is 59.8 Å². The van der Waals surface area contributed by atoms with Crippen molar-refractivity contribution in [2.75, 3.05) is 38.1 Å². The van der Waals surface area contributed by atoms with Crippen LogP contribution in [-0.4, -0.2) is 118 Å². The number of pyridine rings is 1. The number of rotatable bonds is 6. The molecule has 4 aromatic rings. The number of ether oxygens (including phenoxy) is 2. The third-order valence-corrected chi connectivity index (χ3v) is 7.39. The fraction of sp³-hybridized carbons (Fsp3) is 0.292. The minimum absolute atomic E-state index is 0. The van der Waals surface area contributed by atoms with Crippen molar-refractivity contribution >= 4 is 89.0 Å². The molecule has 0 radical (unpaired) electrons. The van der Waals surface area contributed by atoms with E-state index in [-0.39, 0.29) is 75.1 Å². The van der Waals surface area contributed by atoms with Crippen molar-refractivity contribution in [1.82, 2.24) is 19.1 Å². The molecule has 0 aliphatic carbocycles. The number of hydrogen-bond donors (Lipinski definition) is 1. The molecule has 10 nitrogen and oxygen atoms in total. The fourth-order valence-corrected chi connectivity index (χ4v) is 4.99. The summed E-state index contributed by atoms with van der Waals surface area (Å²) in [7, 11) is -0.578. The van der Waals surface area contributed by atoms with Crippen LogP contribution in [0.2, 0.25) is 0 Å². The van der Waals surface area contributed by atoms with E-state index in [9.17, 15) is 13.2 Å². The van der Waals surface area contributed by atoms with Crippen LogP contribution in [0.1, 0.15) is 0 Å². The summed E-state index contributed by atoms with van der Waals surface area (Å²) in [5, 5.41) is 5.69. The zero-order chi connectivity index (χ0) is 24.6. The van der Waals surface area contributed by atoms with Crippen molar-refractivity contribution in [3.8, 4) is 11.1 Å². The third-order valence-electron chi connectivity index (χ3n) is 5.92. The van der Waals surface area contributed by atoms with Crippen LogP contribution < -0.4 is 10.2 Å². The Hall–Kier alpha value is -1.74. The molecule has 1 aliphatic heterocycles. The average molecular weight is 536 g/mol. The van der Waals surface area contributed by atoms with Gasteiger partial charge in [-0.25, -0.2) is 0 Å². The first-order valence-electron chi connectivity index (χ1n) is 11.1. The second kappa shape index (κ2) is 11.3. The molecular weight excluding hydrogens is 509 g/mol. The molecule has 0 unspecified atom stereocenters. The third kappa shape index (κ3) is 5.87. The van der Waals surface area contributed by atoms with Gasteiger partial charge in [-0.1, -0.05) is 12.1 Å². The van der Waals surface area contributed by atoms with Gasteiger partial charge in [-0.3, -0.25) is 19.2 Å². The number of aromatic nitrogens is 3. The maximum atomic E-state index is 13.5. The number of nitrogens with one attached hydrogen (secondary N) is 1. The summed E-state index contributed by atoms with van der Waals surface area (Å²) < 4.78 is 42.1. The van der Waals surface area contributed by atoms with Crippen molar-refractivity contribution in [3.63, 3.8) is 0 Å². The van der Waals surface area contributed by atoms with Crippen LogP contribution in [0.25, 0.3) is 32.8 Å². The number of anilines is 1. The summed E-state index contributed by atoms with van der Waals surface area (Å²) in [6.45, 7) is 1.43. The molecular formula is C24H26KN5O5S. The van der Waals surface area contributed by atoms with E-state index in [1.54, 1.807) is 53.5 Å². The van der Waals surface area contributed by atoms with Crippen molar-refractivity contribution < 1.29 is 17.9 Å². The number of likely N-dealkylation sites (N-methyl/N-ethyl adjacent to an activating group) is 1. The Morgan fingerprint density at radius 1 is 1.11 bits per heavy atom. The first kappa shape index (κ1) is 27.3. The van der Waals surface area contributed by atoms with Crippen molar-refractivity contribution in [1.29, 1.82) is 0 Å². The van der Waals surface area contributed by atoms with Gasteiger partial charge in [0, 0.05) is 54.9 Å². The van der Waals surface area contributed by atoms with Gasteiger partial charge < -0.3 is 9.47 Å². The van der Waals surface area contributed by atoms with Crippen molar-refractivity contribution in [2.45, 2.75) is 6.10 Å². The van der Waals surface area contributed by atoms with E-state index in [1.807, 2.05) is 13.2 Å². The van der Waals surface area contributed by atoms with Gasteiger partial charge in [0.1, 0.15) is 0 Å². The predicted octanol–water partition coefficient (Wildman–Crippen LogP) is 1.50. The Labute approximate surface area is 251 Å². The molecule has 184 valence electrons. The van der Waals surface area contributed by atoms with E-state index in [4.69, 9.17) is 9.47 Å².